The van der Waals surface area contributed by atoms with Crippen molar-refractivity contribution < 1.29 is 0 Å². The average molecular weight is 306 g/mol. The molecule has 0 fully saturated rings. The van der Waals surface area contributed by atoms with Crippen molar-refractivity contribution in [2.75, 3.05) is 6.54 Å². The molecule has 2 nitrogen and oxygen atoms in total. The summed E-state index contributed by atoms with van der Waals surface area (Å²) in [4.78, 5) is 3.34. The molecular formula is C21H26N2. The Labute approximate surface area is 138 Å². The number of rotatable bonds is 5. The van der Waals surface area contributed by atoms with Gasteiger partial charge in [-0.2, -0.15) is 0 Å². The molecule has 23 heavy (non-hydrogen) atoms. The van der Waals surface area contributed by atoms with Crippen molar-refractivity contribution in [2.24, 2.45) is 0 Å². The van der Waals surface area contributed by atoms with Crippen molar-refractivity contribution >= 4 is 10.9 Å². The zero-order valence-electron chi connectivity index (χ0n) is 14.3. The summed E-state index contributed by atoms with van der Waals surface area (Å²) in [6.45, 7) is 8.67. The fourth-order valence-corrected chi connectivity index (χ4v) is 2.92. The standard InChI is InChI=1S/C21H26N2/c1-21(2,3)18-10-8-16(9-11-18)14-22-13-12-17-15-23-20-7-5-4-6-19(17)20/h4-11,15,22-23H,12-14H2,1-3H3. The predicted octanol–water partition coefficient (Wildman–Crippen LogP) is 4.80. The Kier molecular flexibility index (Phi) is 4.53. The predicted molar refractivity (Wildman–Crippen MR) is 98.9 cm³/mol. The van der Waals surface area contributed by atoms with E-state index >= 15 is 0 Å². The molecule has 0 saturated carbocycles. The minimum Gasteiger partial charge on any atom is -0.361 e. The van der Waals surface area contributed by atoms with E-state index in [1.165, 1.54) is 27.6 Å². The van der Waals surface area contributed by atoms with Crippen molar-refractivity contribution in [3.63, 3.8) is 0 Å². The van der Waals surface area contributed by atoms with Gasteiger partial charge in [0.25, 0.3) is 0 Å². The maximum atomic E-state index is 3.55. The van der Waals surface area contributed by atoms with Gasteiger partial charge in [0, 0.05) is 23.6 Å². The Morgan fingerprint density at radius 2 is 1.70 bits per heavy atom. The lowest BCUT2D eigenvalue weighted by Gasteiger charge is -2.19. The molecule has 0 spiro atoms. The number of fused-ring (bicyclic) bond motifs is 1. The molecule has 0 aliphatic heterocycles. The summed E-state index contributed by atoms with van der Waals surface area (Å²) in [5, 5.41) is 4.89. The molecule has 0 saturated heterocycles. The number of nitrogens with one attached hydrogen (secondary N) is 2. The number of hydrogen-bond acceptors (Lipinski definition) is 1. The minimum atomic E-state index is 0.224. The van der Waals surface area contributed by atoms with Crippen LogP contribution in [-0.4, -0.2) is 11.5 Å². The quantitative estimate of drug-likeness (QED) is 0.651. The lowest BCUT2D eigenvalue weighted by molar-refractivity contribution is 0.589. The van der Waals surface area contributed by atoms with Gasteiger partial charge in [-0.1, -0.05) is 63.2 Å². The van der Waals surface area contributed by atoms with Crippen LogP contribution in [0.2, 0.25) is 0 Å². The first kappa shape index (κ1) is 15.8. The molecule has 2 aromatic carbocycles. The summed E-state index contributed by atoms with van der Waals surface area (Å²) in [6.07, 6.45) is 3.18. The van der Waals surface area contributed by atoms with Gasteiger partial charge in [0.1, 0.15) is 0 Å². The Bertz CT molecular complexity index is 760. The Balaban J connectivity index is 1.52. The number of aromatic amines is 1. The van der Waals surface area contributed by atoms with Crippen LogP contribution >= 0.6 is 0 Å². The molecule has 2 N–H and O–H groups in total. The molecule has 0 atom stereocenters. The van der Waals surface area contributed by atoms with Gasteiger partial charge in [0.05, 0.1) is 0 Å². The maximum Gasteiger partial charge on any atom is 0.0456 e. The lowest BCUT2D eigenvalue weighted by Crippen LogP contribution is -2.17. The van der Waals surface area contributed by atoms with Crippen LogP contribution in [0.15, 0.2) is 54.7 Å². The zero-order valence-corrected chi connectivity index (χ0v) is 14.3. The fourth-order valence-electron chi connectivity index (χ4n) is 2.92. The van der Waals surface area contributed by atoms with Gasteiger partial charge in [0.2, 0.25) is 0 Å². The van der Waals surface area contributed by atoms with Crippen molar-refractivity contribution in [1.82, 2.24) is 10.3 Å². The van der Waals surface area contributed by atoms with Crippen LogP contribution in [0.4, 0.5) is 0 Å². The van der Waals surface area contributed by atoms with E-state index in [1.54, 1.807) is 0 Å². The van der Waals surface area contributed by atoms with E-state index in [0.717, 1.165) is 19.5 Å². The molecule has 1 heterocycles. The van der Waals surface area contributed by atoms with Crippen LogP contribution in [0, 0.1) is 0 Å². The van der Waals surface area contributed by atoms with Crippen LogP contribution < -0.4 is 5.32 Å². The molecule has 0 aliphatic carbocycles. The SMILES string of the molecule is CC(C)(C)c1ccc(CNCCc2c[nH]c3ccccc23)cc1. The van der Waals surface area contributed by atoms with Crippen LogP contribution in [0.3, 0.4) is 0 Å². The van der Waals surface area contributed by atoms with Crippen molar-refractivity contribution in [3.05, 3.63) is 71.4 Å². The van der Waals surface area contributed by atoms with Crippen LogP contribution in [0.1, 0.15) is 37.5 Å². The Morgan fingerprint density at radius 1 is 0.957 bits per heavy atom. The number of aromatic nitrogens is 1. The van der Waals surface area contributed by atoms with Crippen LogP contribution in [0.5, 0.6) is 0 Å². The van der Waals surface area contributed by atoms with Gasteiger partial charge in [-0.05, 0) is 41.1 Å². The van der Waals surface area contributed by atoms with E-state index in [4.69, 9.17) is 0 Å². The lowest BCUT2D eigenvalue weighted by atomic mass is 9.87. The molecule has 0 bridgehead atoms. The van der Waals surface area contributed by atoms with Crippen molar-refractivity contribution in [1.29, 1.82) is 0 Å². The zero-order chi connectivity index (χ0) is 16.3. The molecule has 120 valence electrons. The molecule has 0 aliphatic rings. The monoisotopic (exact) mass is 306 g/mol. The van der Waals surface area contributed by atoms with Crippen LogP contribution in [-0.2, 0) is 18.4 Å². The van der Waals surface area contributed by atoms with Gasteiger partial charge in [-0.15, -0.1) is 0 Å². The highest BCUT2D eigenvalue weighted by Crippen LogP contribution is 2.22. The summed E-state index contributed by atoms with van der Waals surface area (Å²) in [5.74, 6) is 0. The summed E-state index contributed by atoms with van der Waals surface area (Å²) >= 11 is 0. The van der Waals surface area contributed by atoms with E-state index < -0.39 is 0 Å². The highest BCUT2D eigenvalue weighted by Gasteiger charge is 2.12. The van der Waals surface area contributed by atoms with Gasteiger partial charge >= 0.3 is 0 Å². The van der Waals surface area contributed by atoms with Gasteiger partial charge in [0.15, 0.2) is 0 Å². The first-order valence-electron chi connectivity index (χ1n) is 8.39. The highest BCUT2D eigenvalue weighted by molar-refractivity contribution is 5.83. The normalized spacial score (nSPS) is 12.0. The summed E-state index contributed by atoms with van der Waals surface area (Å²) < 4.78 is 0. The third kappa shape index (κ3) is 3.83. The first-order chi connectivity index (χ1) is 11.0. The van der Waals surface area contributed by atoms with Crippen LogP contribution in [0.25, 0.3) is 10.9 Å². The van der Waals surface area contributed by atoms with Gasteiger partial charge < -0.3 is 10.3 Å². The van der Waals surface area contributed by atoms with E-state index in [-0.39, 0.29) is 5.41 Å². The smallest absolute Gasteiger partial charge is 0.0456 e. The molecule has 0 unspecified atom stereocenters. The summed E-state index contributed by atoms with van der Waals surface area (Å²) in [7, 11) is 0. The van der Waals surface area contributed by atoms with E-state index in [1.807, 2.05) is 0 Å². The average Bonchev–Trinajstić information content (AvgIpc) is 2.94. The van der Waals surface area contributed by atoms with E-state index in [0.29, 0.717) is 0 Å². The molecule has 2 heteroatoms. The molecule has 3 aromatic rings. The Hall–Kier alpha value is -2.06. The first-order valence-corrected chi connectivity index (χ1v) is 8.39. The molecule has 0 amide bonds. The molecular weight excluding hydrogens is 280 g/mol. The number of para-hydroxylation sites is 1. The number of H-pyrrole nitrogens is 1. The second-order valence-electron chi connectivity index (χ2n) is 7.23. The fraction of sp³-hybridized carbons (Fsp3) is 0.333. The van der Waals surface area contributed by atoms with Crippen molar-refractivity contribution in [2.45, 2.75) is 39.2 Å². The molecule has 1 aromatic heterocycles. The summed E-state index contributed by atoms with van der Waals surface area (Å²) in [6, 6.07) is 17.5. The largest absolute Gasteiger partial charge is 0.361 e. The third-order valence-electron chi connectivity index (χ3n) is 4.40. The topological polar surface area (TPSA) is 27.8 Å². The van der Waals surface area contributed by atoms with Gasteiger partial charge in [-0.3, -0.25) is 0 Å². The maximum absolute atomic E-state index is 3.55. The number of hydrogen-bond donors (Lipinski definition) is 2. The number of benzene rings is 2. The second-order valence-corrected chi connectivity index (χ2v) is 7.23. The third-order valence-corrected chi connectivity index (χ3v) is 4.40. The summed E-state index contributed by atoms with van der Waals surface area (Å²) in [5.41, 5.74) is 5.56. The Morgan fingerprint density at radius 3 is 2.43 bits per heavy atom. The van der Waals surface area contributed by atoms with E-state index in [2.05, 4.69) is 85.8 Å². The highest BCUT2D eigenvalue weighted by atomic mass is 14.8. The molecule has 0 radical (unpaired) electrons. The van der Waals surface area contributed by atoms with E-state index in [9.17, 15) is 0 Å². The van der Waals surface area contributed by atoms with Crippen molar-refractivity contribution in [3.8, 4) is 0 Å². The van der Waals surface area contributed by atoms with Gasteiger partial charge in [-0.25, -0.2) is 0 Å². The minimum absolute atomic E-state index is 0.224. The second kappa shape index (κ2) is 6.59. The molecule has 3 rings (SSSR count).